The van der Waals surface area contributed by atoms with Gasteiger partial charge in [0.2, 0.25) is 15.0 Å². The second kappa shape index (κ2) is 7.12. The van der Waals surface area contributed by atoms with E-state index in [1.807, 2.05) is 55.1 Å². The molecule has 0 aliphatic heterocycles. The Bertz CT molecular complexity index is 1230. The predicted octanol–water partition coefficient (Wildman–Crippen LogP) is 3.43. The molecule has 0 radical (unpaired) electrons. The van der Waals surface area contributed by atoms with E-state index in [0.717, 1.165) is 11.3 Å². The smallest absolute Gasteiger partial charge is 0.226 e. The molecular formula is C20H20N4O3S. The van der Waals surface area contributed by atoms with Crippen LogP contribution < -0.4 is 4.74 Å². The fraction of sp³-hybridized carbons (Fsp3) is 0.200. The molecule has 1 aromatic carbocycles. The molecule has 0 fully saturated rings. The van der Waals surface area contributed by atoms with Gasteiger partial charge >= 0.3 is 0 Å². The van der Waals surface area contributed by atoms with E-state index >= 15 is 0 Å². The minimum absolute atomic E-state index is 0.0600. The molecule has 0 saturated carbocycles. The topological polar surface area (TPSA) is 89.9 Å². The standard InChI is InChI=1S/C20H20N4O3S/c1-3-27-19-8-9-21-18(14(19)2)13-28(25,26)20-22-16-7-6-15(12-17(16)23-20)24-10-4-5-11-24/h4-12H,3,13H2,1-2H3,(H,22,23). The van der Waals surface area contributed by atoms with Crippen LogP contribution in [0.1, 0.15) is 18.2 Å². The zero-order chi connectivity index (χ0) is 19.7. The van der Waals surface area contributed by atoms with E-state index in [-0.39, 0.29) is 10.9 Å². The van der Waals surface area contributed by atoms with Gasteiger partial charge in [-0.1, -0.05) is 0 Å². The van der Waals surface area contributed by atoms with Gasteiger partial charge in [0.1, 0.15) is 11.5 Å². The third-order valence-corrected chi connectivity index (χ3v) is 5.96. The first-order valence-corrected chi connectivity index (χ1v) is 10.6. The van der Waals surface area contributed by atoms with Crippen LogP contribution in [0.4, 0.5) is 0 Å². The fourth-order valence-electron chi connectivity index (χ4n) is 3.05. The van der Waals surface area contributed by atoms with Gasteiger partial charge in [0.15, 0.2) is 0 Å². The van der Waals surface area contributed by atoms with E-state index in [1.165, 1.54) is 0 Å². The highest BCUT2D eigenvalue weighted by atomic mass is 32.2. The van der Waals surface area contributed by atoms with Crippen molar-refractivity contribution in [2.45, 2.75) is 24.8 Å². The van der Waals surface area contributed by atoms with Gasteiger partial charge in [0.25, 0.3) is 0 Å². The summed E-state index contributed by atoms with van der Waals surface area (Å²) in [6.45, 7) is 4.20. The maximum absolute atomic E-state index is 12.9. The fourth-order valence-corrected chi connectivity index (χ4v) is 4.34. The number of ether oxygens (including phenoxy) is 1. The van der Waals surface area contributed by atoms with E-state index in [1.54, 1.807) is 18.3 Å². The third kappa shape index (κ3) is 3.38. The van der Waals surface area contributed by atoms with Crippen molar-refractivity contribution in [1.29, 1.82) is 0 Å². The van der Waals surface area contributed by atoms with Gasteiger partial charge in [0, 0.05) is 29.8 Å². The van der Waals surface area contributed by atoms with E-state index in [9.17, 15) is 8.42 Å². The number of pyridine rings is 1. The molecule has 0 unspecified atom stereocenters. The number of aromatic amines is 1. The Morgan fingerprint density at radius 3 is 2.71 bits per heavy atom. The number of benzene rings is 1. The molecule has 7 nitrogen and oxygen atoms in total. The molecule has 3 heterocycles. The van der Waals surface area contributed by atoms with Crippen LogP contribution >= 0.6 is 0 Å². The lowest BCUT2D eigenvalue weighted by Crippen LogP contribution is -2.10. The van der Waals surface area contributed by atoms with Gasteiger partial charge in [-0.15, -0.1) is 0 Å². The highest BCUT2D eigenvalue weighted by molar-refractivity contribution is 7.90. The van der Waals surface area contributed by atoms with Gasteiger partial charge < -0.3 is 14.3 Å². The molecule has 0 bridgehead atoms. The largest absolute Gasteiger partial charge is 0.493 e. The van der Waals surface area contributed by atoms with Crippen molar-refractivity contribution >= 4 is 20.9 Å². The summed E-state index contributed by atoms with van der Waals surface area (Å²) in [7, 11) is -3.69. The number of aromatic nitrogens is 4. The summed E-state index contributed by atoms with van der Waals surface area (Å²) in [5.74, 6) is 0.396. The number of rotatable bonds is 6. The number of fused-ring (bicyclic) bond motifs is 1. The van der Waals surface area contributed by atoms with Crippen molar-refractivity contribution in [1.82, 2.24) is 19.5 Å². The van der Waals surface area contributed by atoms with Crippen LogP contribution in [0.2, 0.25) is 0 Å². The minimum Gasteiger partial charge on any atom is -0.493 e. The minimum atomic E-state index is -3.69. The molecule has 0 aliphatic carbocycles. The second-order valence-corrected chi connectivity index (χ2v) is 8.31. The molecular weight excluding hydrogens is 376 g/mol. The van der Waals surface area contributed by atoms with E-state index in [0.29, 0.717) is 29.1 Å². The molecule has 4 aromatic rings. The Balaban J connectivity index is 1.68. The number of nitrogens with zero attached hydrogens (tertiary/aromatic N) is 3. The van der Waals surface area contributed by atoms with Crippen LogP contribution in [-0.4, -0.2) is 34.5 Å². The SMILES string of the molecule is CCOc1ccnc(CS(=O)(=O)c2nc3ccc(-n4cccc4)cc3[nH]2)c1C. The molecule has 4 rings (SSSR count). The Labute approximate surface area is 162 Å². The number of nitrogens with one attached hydrogen (secondary N) is 1. The average molecular weight is 396 g/mol. The summed E-state index contributed by atoms with van der Waals surface area (Å²) >= 11 is 0. The van der Waals surface area contributed by atoms with Gasteiger partial charge in [-0.3, -0.25) is 4.98 Å². The summed E-state index contributed by atoms with van der Waals surface area (Å²) in [5, 5.41) is -0.0600. The summed E-state index contributed by atoms with van der Waals surface area (Å²) in [6, 6.07) is 11.2. The monoisotopic (exact) mass is 396 g/mol. The molecule has 1 N–H and O–H groups in total. The lowest BCUT2D eigenvalue weighted by Gasteiger charge is -2.10. The molecule has 0 atom stereocenters. The van der Waals surface area contributed by atoms with Crippen molar-refractivity contribution in [2.24, 2.45) is 0 Å². The first-order chi connectivity index (χ1) is 13.5. The molecule has 8 heteroatoms. The van der Waals surface area contributed by atoms with Crippen molar-refractivity contribution in [3.8, 4) is 11.4 Å². The van der Waals surface area contributed by atoms with E-state index in [2.05, 4.69) is 15.0 Å². The molecule has 28 heavy (non-hydrogen) atoms. The number of imidazole rings is 1. The van der Waals surface area contributed by atoms with Crippen LogP contribution in [0.25, 0.3) is 16.7 Å². The first-order valence-electron chi connectivity index (χ1n) is 8.91. The lowest BCUT2D eigenvalue weighted by atomic mass is 10.2. The summed E-state index contributed by atoms with van der Waals surface area (Å²) < 4.78 is 33.3. The number of hydrogen-bond acceptors (Lipinski definition) is 5. The van der Waals surface area contributed by atoms with E-state index in [4.69, 9.17) is 4.74 Å². The Morgan fingerprint density at radius 1 is 1.18 bits per heavy atom. The number of sulfone groups is 1. The van der Waals surface area contributed by atoms with Crippen LogP contribution in [0.15, 0.2) is 60.1 Å². The van der Waals surface area contributed by atoms with Crippen molar-refractivity contribution in [3.05, 3.63) is 66.2 Å². The molecule has 0 spiro atoms. The van der Waals surface area contributed by atoms with Crippen LogP contribution in [0.5, 0.6) is 5.75 Å². The zero-order valence-corrected chi connectivity index (χ0v) is 16.4. The molecule has 144 valence electrons. The maximum atomic E-state index is 12.9. The lowest BCUT2D eigenvalue weighted by molar-refractivity contribution is 0.337. The van der Waals surface area contributed by atoms with Crippen molar-refractivity contribution in [3.63, 3.8) is 0 Å². The maximum Gasteiger partial charge on any atom is 0.226 e. The third-order valence-electron chi connectivity index (χ3n) is 4.53. The van der Waals surface area contributed by atoms with Crippen molar-refractivity contribution < 1.29 is 13.2 Å². The molecule has 3 aromatic heterocycles. The molecule has 0 amide bonds. The Morgan fingerprint density at radius 2 is 1.96 bits per heavy atom. The van der Waals surface area contributed by atoms with Gasteiger partial charge in [0.05, 0.1) is 23.3 Å². The van der Waals surface area contributed by atoms with Crippen LogP contribution in [-0.2, 0) is 15.6 Å². The van der Waals surface area contributed by atoms with Crippen LogP contribution in [0.3, 0.4) is 0 Å². The Kier molecular flexibility index (Phi) is 4.64. The quantitative estimate of drug-likeness (QED) is 0.539. The normalized spacial score (nSPS) is 11.8. The van der Waals surface area contributed by atoms with Gasteiger partial charge in [-0.05, 0) is 50.2 Å². The summed E-state index contributed by atoms with van der Waals surface area (Å²) in [6.07, 6.45) is 5.41. The Hall–Kier alpha value is -3.13. The van der Waals surface area contributed by atoms with Gasteiger partial charge in [-0.2, -0.15) is 0 Å². The second-order valence-electron chi connectivity index (χ2n) is 6.41. The summed E-state index contributed by atoms with van der Waals surface area (Å²) in [4.78, 5) is 11.5. The summed E-state index contributed by atoms with van der Waals surface area (Å²) in [5.41, 5.74) is 3.37. The molecule has 0 saturated heterocycles. The number of hydrogen-bond donors (Lipinski definition) is 1. The highest BCUT2D eigenvalue weighted by Crippen LogP contribution is 2.24. The number of H-pyrrole nitrogens is 1. The van der Waals surface area contributed by atoms with Crippen LogP contribution in [0, 0.1) is 6.92 Å². The predicted molar refractivity (Wildman–Crippen MR) is 106 cm³/mol. The van der Waals surface area contributed by atoms with E-state index < -0.39 is 9.84 Å². The highest BCUT2D eigenvalue weighted by Gasteiger charge is 2.22. The first kappa shape index (κ1) is 18.2. The molecule has 0 aliphatic rings. The van der Waals surface area contributed by atoms with Crippen molar-refractivity contribution in [2.75, 3.05) is 6.61 Å². The average Bonchev–Trinajstić information content (AvgIpc) is 3.34. The zero-order valence-electron chi connectivity index (χ0n) is 15.6. The van der Waals surface area contributed by atoms with Gasteiger partial charge in [-0.25, -0.2) is 13.4 Å².